The lowest BCUT2D eigenvalue weighted by molar-refractivity contribution is -0.384. The van der Waals surface area contributed by atoms with E-state index in [2.05, 4.69) is 11.0 Å². The zero-order valence-corrected chi connectivity index (χ0v) is 21.6. The summed E-state index contributed by atoms with van der Waals surface area (Å²) in [4.78, 5) is 28.4. The normalized spacial score (nSPS) is 13.4. The van der Waals surface area contributed by atoms with E-state index in [-0.39, 0.29) is 11.6 Å². The van der Waals surface area contributed by atoms with Gasteiger partial charge in [-0.2, -0.15) is 5.10 Å². The molecule has 0 atom stereocenters. The van der Waals surface area contributed by atoms with Crippen LogP contribution in [0.3, 0.4) is 0 Å². The predicted octanol–water partition coefficient (Wildman–Crippen LogP) is 5.04. The molecule has 0 spiro atoms. The Hall–Kier alpha value is -4.66. The van der Waals surface area contributed by atoms with Crippen LogP contribution in [0.5, 0.6) is 5.75 Å². The van der Waals surface area contributed by atoms with E-state index in [0.29, 0.717) is 37.6 Å². The van der Waals surface area contributed by atoms with Crippen LogP contribution in [0.2, 0.25) is 0 Å². The Labute approximate surface area is 221 Å². The maximum atomic E-state index is 13.8. The number of carbonyl (C=O) groups is 1. The average Bonchev–Trinajstić information content (AvgIpc) is 3.38. The monoisotopic (exact) mass is 511 g/mol. The molecule has 0 aliphatic carbocycles. The van der Waals surface area contributed by atoms with Crippen molar-refractivity contribution >= 4 is 17.3 Å². The molecule has 0 unspecified atom stereocenters. The van der Waals surface area contributed by atoms with Crippen LogP contribution in [0.25, 0.3) is 16.9 Å². The fourth-order valence-corrected chi connectivity index (χ4v) is 4.78. The summed E-state index contributed by atoms with van der Waals surface area (Å²) < 4.78 is 7.03. The van der Waals surface area contributed by atoms with Crippen molar-refractivity contribution in [3.63, 3.8) is 0 Å². The smallest absolute Gasteiger partial charge is 0.272 e. The van der Waals surface area contributed by atoms with Crippen molar-refractivity contribution in [2.75, 3.05) is 38.2 Å². The molecule has 1 amide bonds. The van der Waals surface area contributed by atoms with Crippen molar-refractivity contribution in [1.82, 2.24) is 14.7 Å². The molecule has 194 valence electrons. The lowest BCUT2D eigenvalue weighted by Gasteiger charge is -2.36. The third kappa shape index (κ3) is 4.95. The van der Waals surface area contributed by atoms with Crippen LogP contribution in [0.15, 0.2) is 72.8 Å². The second-order valence-electron chi connectivity index (χ2n) is 9.40. The average molecular weight is 512 g/mol. The van der Waals surface area contributed by atoms with E-state index in [4.69, 9.17) is 9.84 Å². The minimum Gasteiger partial charge on any atom is -0.497 e. The van der Waals surface area contributed by atoms with Gasteiger partial charge in [0.05, 0.1) is 23.4 Å². The molecule has 9 heteroatoms. The summed E-state index contributed by atoms with van der Waals surface area (Å²) in [5.41, 5.74) is 6.12. The predicted molar refractivity (Wildman–Crippen MR) is 146 cm³/mol. The van der Waals surface area contributed by atoms with E-state index in [1.165, 1.54) is 12.1 Å². The summed E-state index contributed by atoms with van der Waals surface area (Å²) >= 11 is 0. The molecule has 9 nitrogen and oxygen atoms in total. The van der Waals surface area contributed by atoms with Gasteiger partial charge in [0.15, 0.2) is 0 Å². The minimum absolute atomic E-state index is 0.0647. The maximum Gasteiger partial charge on any atom is 0.272 e. The van der Waals surface area contributed by atoms with Crippen molar-refractivity contribution in [3.8, 4) is 22.7 Å². The Morgan fingerprint density at radius 1 is 0.921 bits per heavy atom. The number of anilines is 1. The second kappa shape index (κ2) is 10.4. The highest BCUT2D eigenvalue weighted by atomic mass is 16.6. The summed E-state index contributed by atoms with van der Waals surface area (Å²) in [7, 11) is 1.63. The van der Waals surface area contributed by atoms with Gasteiger partial charge in [0.1, 0.15) is 11.4 Å². The Morgan fingerprint density at radius 2 is 1.61 bits per heavy atom. The number of non-ortho nitro benzene ring substituents is 1. The van der Waals surface area contributed by atoms with Gasteiger partial charge in [-0.15, -0.1) is 0 Å². The molecule has 0 radical (unpaired) electrons. The van der Waals surface area contributed by atoms with Crippen molar-refractivity contribution in [2.24, 2.45) is 0 Å². The van der Waals surface area contributed by atoms with Gasteiger partial charge in [0, 0.05) is 49.6 Å². The number of nitro groups is 1. The van der Waals surface area contributed by atoms with Crippen LogP contribution in [0, 0.1) is 24.0 Å². The summed E-state index contributed by atoms with van der Waals surface area (Å²) in [5, 5.41) is 15.8. The van der Waals surface area contributed by atoms with Gasteiger partial charge >= 0.3 is 0 Å². The third-order valence-corrected chi connectivity index (χ3v) is 6.89. The molecule has 2 heterocycles. The van der Waals surface area contributed by atoms with Crippen LogP contribution in [-0.4, -0.2) is 58.8 Å². The molecule has 5 rings (SSSR count). The summed E-state index contributed by atoms with van der Waals surface area (Å²) in [6, 6.07) is 22.1. The number of nitrogens with zero attached hydrogens (tertiary/aromatic N) is 5. The minimum atomic E-state index is -0.403. The zero-order chi connectivity index (χ0) is 26.8. The Bertz CT molecular complexity index is 1470. The molecule has 1 saturated heterocycles. The first kappa shape index (κ1) is 25.0. The van der Waals surface area contributed by atoms with E-state index in [1.54, 1.807) is 23.9 Å². The van der Waals surface area contributed by atoms with Gasteiger partial charge in [0.25, 0.3) is 11.6 Å². The number of rotatable bonds is 6. The highest BCUT2D eigenvalue weighted by Gasteiger charge is 2.27. The number of hydrogen-bond acceptors (Lipinski definition) is 6. The highest BCUT2D eigenvalue weighted by Crippen LogP contribution is 2.27. The molecule has 0 saturated carbocycles. The standard InChI is InChI=1S/C29H29N5O4/c1-20-4-13-27(21(2)18-20)33-28(19-26(30-33)22-5-11-25(38-3)12-6-22)29(35)32-16-14-31(15-17-32)23-7-9-24(10-8-23)34(36)37/h4-13,18-19H,14-17H2,1-3H3. The first-order valence-corrected chi connectivity index (χ1v) is 12.4. The third-order valence-electron chi connectivity index (χ3n) is 6.89. The summed E-state index contributed by atoms with van der Waals surface area (Å²) in [5.74, 6) is 0.672. The van der Waals surface area contributed by atoms with Gasteiger partial charge < -0.3 is 14.5 Å². The summed E-state index contributed by atoms with van der Waals surface area (Å²) in [6.45, 7) is 6.39. The zero-order valence-electron chi connectivity index (χ0n) is 21.6. The van der Waals surface area contributed by atoms with E-state index in [1.807, 2.05) is 61.2 Å². The molecule has 1 aliphatic rings. The van der Waals surface area contributed by atoms with E-state index in [9.17, 15) is 14.9 Å². The van der Waals surface area contributed by atoms with Gasteiger partial charge in [-0.05, 0) is 67.9 Å². The van der Waals surface area contributed by atoms with Crippen molar-refractivity contribution in [2.45, 2.75) is 13.8 Å². The highest BCUT2D eigenvalue weighted by molar-refractivity contribution is 5.94. The molecule has 0 N–H and O–H groups in total. The fraction of sp³-hybridized carbons (Fsp3) is 0.241. The Morgan fingerprint density at radius 3 is 2.21 bits per heavy atom. The molecular formula is C29H29N5O4. The SMILES string of the molecule is COc1ccc(-c2cc(C(=O)N3CCN(c4ccc([N+](=O)[O-])cc4)CC3)n(-c3ccc(C)cc3C)n2)cc1. The Kier molecular flexibility index (Phi) is 6.83. The topological polar surface area (TPSA) is 93.7 Å². The first-order valence-electron chi connectivity index (χ1n) is 12.4. The number of ether oxygens (including phenoxy) is 1. The number of benzene rings is 3. The first-order chi connectivity index (χ1) is 18.3. The lowest BCUT2D eigenvalue weighted by Crippen LogP contribution is -2.49. The van der Waals surface area contributed by atoms with Gasteiger partial charge in [0.2, 0.25) is 0 Å². The van der Waals surface area contributed by atoms with Crippen LogP contribution in [-0.2, 0) is 0 Å². The number of aryl methyl sites for hydroxylation is 2. The number of carbonyl (C=O) groups excluding carboxylic acids is 1. The van der Waals surface area contributed by atoms with Gasteiger partial charge in [-0.3, -0.25) is 14.9 Å². The molecule has 4 aromatic rings. The number of nitro benzene ring substituents is 1. The van der Waals surface area contributed by atoms with Crippen molar-refractivity contribution < 1.29 is 14.5 Å². The molecule has 1 aliphatic heterocycles. The quantitative estimate of drug-likeness (QED) is 0.266. The van der Waals surface area contributed by atoms with E-state index in [0.717, 1.165) is 33.8 Å². The molecule has 38 heavy (non-hydrogen) atoms. The number of aromatic nitrogens is 2. The second-order valence-corrected chi connectivity index (χ2v) is 9.40. The number of hydrogen-bond donors (Lipinski definition) is 0. The maximum absolute atomic E-state index is 13.8. The van der Waals surface area contributed by atoms with Gasteiger partial charge in [-0.25, -0.2) is 4.68 Å². The summed E-state index contributed by atoms with van der Waals surface area (Å²) in [6.07, 6.45) is 0. The van der Waals surface area contributed by atoms with Crippen molar-refractivity contribution in [3.05, 3.63) is 99.7 Å². The van der Waals surface area contributed by atoms with E-state index < -0.39 is 4.92 Å². The van der Waals surface area contributed by atoms with Crippen LogP contribution in [0.4, 0.5) is 11.4 Å². The van der Waals surface area contributed by atoms with Crippen molar-refractivity contribution in [1.29, 1.82) is 0 Å². The van der Waals surface area contributed by atoms with Crippen LogP contribution in [0.1, 0.15) is 21.6 Å². The van der Waals surface area contributed by atoms with E-state index >= 15 is 0 Å². The number of amides is 1. The lowest BCUT2D eigenvalue weighted by atomic mass is 10.1. The number of methoxy groups -OCH3 is 1. The molecule has 0 bridgehead atoms. The Balaban J connectivity index is 1.42. The fourth-order valence-electron chi connectivity index (χ4n) is 4.78. The molecule has 1 aromatic heterocycles. The van der Waals surface area contributed by atoms with Gasteiger partial charge in [-0.1, -0.05) is 17.7 Å². The van der Waals surface area contributed by atoms with Crippen LogP contribution < -0.4 is 9.64 Å². The number of piperazine rings is 1. The molecule has 3 aromatic carbocycles. The largest absolute Gasteiger partial charge is 0.497 e. The van der Waals surface area contributed by atoms with Crippen LogP contribution >= 0.6 is 0 Å². The molecule has 1 fully saturated rings. The molecular weight excluding hydrogens is 482 g/mol.